The molecular formula is C33H24S3. The summed E-state index contributed by atoms with van der Waals surface area (Å²) in [6, 6.07) is 27.8. The molecule has 4 aromatic carbocycles. The second-order valence-electron chi connectivity index (χ2n) is 10.4. The smallest absolute Gasteiger partial charge is 0.0430 e. The normalized spacial score (nSPS) is 16.3. The molecule has 0 bridgehead atoms. The van der Waals surface area contributed by atoms with E-state index in [4.69, 9.17) is 0 Å². The molecule has 8 rings (SSSR count). The van der Waals surface area contributed by atoms with Crippen LogP contribution in [0.3, 0.4) is 0 Å². The first kappa shape index (κ1) is 21.4. The molecule has 0 amide bonds. The van der Waals surface area contributed by atoms with E-state index in [9.17, 15) is 0 Å². The van der Waals surface area contributed by atoms with Crippen LogP contribution >= 0.6 is 34.9 Å². The molecule has 0 spiro atoms. The van der Waals surface area contributed by atoms with Crippen LogP contribution in [0.2, 0.25) is 0 Å². The zero-order valence-corrected chi connectivity index (χ0v) is 22.7. The first-order chi connectivity index (χ1) is 17.6. The Hall–Kier alpha value is -2.72. The molecule has 0 saturated heterocycles. The molecule has 0 saturated carbocycles. The standard InChI is InChI=1S/C33H24S3/c1-33(2)25-16-19(20-9-7-10-23-22-8-3-4-11-27(22)36-32(20)23)14-15-21(25)24-17-30-31(18-26(24)33)35-29-13-6-5-12-28(29)34-30/h4-7,9-18H,3,8H2,1-2H3. The molecule has 174 valence electrons. The van der Waals surface area contributed by atoms with Crippen molar-refractivity contribution in [3.8, 4) is 22.3 Å². The second kappa shape index (κ2) is 7.64. The van der Waals surface area contributed by atoms with Crippen LogP contribution in [0.15, 0.2) is 98.5 Å². The largest absolute Gasteiger partial charge is 0.135 e. The number of thiophene rings is 1. The lowest BCUT2D eigenvalue weighted by Gasteiger charge is -2.24. The van der Waals surface area contributed by atoms with Crippen molar-refractivity contribution >= 4 is 51.0 Å². The lowest BCUT2D eigenvalue weighted by molar-refractivity contribution is 0.658. The van der Waals surface area contributed by atoms with Crippen LogP contribution in [0.25, 0.3) is 38.4 Å². The minimum atomic E-state index is -0.0246. The van der Waals surface area contributed by atoms with E-state index in [-0.39, 0.29) is 5.41 Å². The highest BCUT2D eigenvalue weighted by Crippen LogP contribution is 2.56. The summed E-state index contributed by atoms with van der Waals surface area (Å²) < 4.78 is 1.43. The van der Waals surface area contributed by atoms with Crippen LogP contribution in [0, 0.1) is 0 Å². The van der Waals surface area contributed by atoms with Crippen LogP contribution in [0.4, 0.5) is 0 Å². The van der Waals surface area contributed by atoms with Crippen molar-refractivity contribution in [3.63, 3.8) is 0 Å². The molecule has 1 aliphatic heterocycles. The van der Waals surface area contributed by atoms with Crippen LogP contribution in [0.5, 0.6) is 0 Å². The summed E-state index contributed by atoms with van der Waals surface area (Å²) in [6.07, 6.45) is 6.96. The van der Waals surface area contributed by atoms with E-state index in [0.717, 1.165) is 12.8 Å². The van der Waals surface area contributed by atoms with Gasteiger partial charge in [0.15, 0.2) is 0 Å². The van der Waals surface area contributed by atoms with Crippen molar-refractivity contribution in [1.82, 2.24) is 0 Å². The van der Waals surface area contributed by atoms with Gasteiger partial charge in [-0.05, 0) is 93.6 Å². The minimum Gasteiger partial charge on any atom is -0.135 e. The Kier molecular flexibility index (Phi) is 4.54. The van der Waals surface area contributed by atoms with E-state index in [1.807, 2.05) is 34.9 Å². The average molecular weight is 517 g/mol. The summed E-state index contributed by atoms with van der Waals surface area (Å²) in [5.74, 6) is 0. The number of rotatable bonds is 1. The second-order valence-corrected chi connectivity index (χ2v) is 13.7. The number of allylic oxidation sites excluding steroid dienone is 1. The van der Waals surface area contributed by atoms with Gasteiger partial charge >= 0.3 is 0 Å². The Labute approximate surface area is 224 Å². The van der Waals surface area contributed by atoms with Crippen LogP contribution in [-0.4, -0.2) is 0 Å². The Balaban J connectivity index is 1.27. The molecule has 2 heterocycles. The van der Waals surface area contributed by atoms with Crippen molar-refractivity contribution in [2.24, 2.45) is 0 Å². The Morgan fingerprint density at radius 3 is 2.31 bits per heavy atom. The predicted molar refractivity (Wildman–Crippen MR) is 157 cm³/mol. The maximum Gasteiger partial charge on any atom is 0.0430 e. The number of hydrogen-bond donors (Lipinski definition) is 0. The van der Waals surface area contributed by atoms with E-state index in [1.54, 1.807) is 0 Å². The van der Waals surface area contributed by atoms with Crippen molar-refractivity contribution in [3.05, 3.63) is 100 Å². The molecule has 0 nitrogen and oxygen atoms in total. The quantitative estimate of drug-likeness (QED) is 0.213. The highest BCUT2D eigenvalue weighted by Gasteiger charge is 2.37. The monoisotopic (exact) mass is 516 g/mol. The van der Waals surface area contributed by atoms with Gasteiger partial charge in [0.25, 0.3) is 0 Å². The van der Waals surface area contributed by atoms with Crippen LogP contribution < -0.4 is 0 Å². The van der Waals surface area contributed by atoms with Gasteiger partial charge in [-0.25, -0.2) is 0 Å². The van der Waals surface area contributed by atoms with Gasteiger partial charge in [0.1, 0.15) is 0 Å². The number of fused-ring (bicyclic) bond motifs is 8. The van der Waals surface area contributed by atoms with E-state index in [0.29, 0.717) is 0 Å². The van der Waals surface area contributed by atoms with Crippen LogP contribution in [-0.2, 0) is 11.8 Å². The number of hydrogen-bond acceptors (Lipinski definition) is 3. The summed E-state index contributed by atoms with van der Waals surface area (Å²) in [7, 11) is 0. The summed E-state index contributed by atoms with van der Waals surface area (Å²) in [5.41, 5.74) is 9.92. The Morgan fingerprint density at radius 2 is 1.47 bits per heavy atom. The minimum absolute atomic E-state index is 0.0246. The molecule has 0 N–H and O–H groups in total. The number of benzene rings is 4. The molecule has 2 aliphatic carbocycles. The third-order valence-electron chi connectivity index (χ3n) is 8.02. The fourth-order valence-corrected chi connectivity index (χ4v) is 9.74. The Bertz CT molecular complexity index is 1770. The first-order valence-electron chi connectivity index (χ1n) is 12.6. The van der Waals surface area contributed by atoms with Gasteiger partial charge in [-0.2, -0.15) is 0 Å². The fourth-order valence-electron chi connectivity index (χ4n) is 6.15. The van der Waals surface area contributed by atoms with E-state index < -0.39 is 0 Å². The maximum atomic E-state index is 2.48. The Morgan fingerprint density at radius 1 is 0.694 bits per heavy atom. The molecule has 0 fully saturated rings. The van der Waals surface area contributed by atoms with Crippen molar-refractivity contribution in [2.45, 2.75) is 51.7 Å². The van der Waals surface area contributed by atoms with Gasteiger partial charge in [-0.1, -0.05) is 85.9 Å². The maximum absolute atomic E-state index is 2.48. The van der Waals surface area contributed by atoms with E-state index in [1.165, 1.54) is 73.5 Å². The molecule has 0 unspecified atom stereocenters. The highest BCUT2D eigenvalue weighted by molar-refractivity contribution is 8.05. The third kappa shape index (κ3) is 2.97. The average Bonchev–Trinajstić information content (AvgIpc) is 3.39. The molecule has 0 atom stereocenters. The third-order valence-corrected chi connectivity index (χ3v) is 11.8. The van der Waals surface area contributed by atoms with Gasteiger partial charge in [0.2, 0.25) is 0 Å². The SMILES string of the molecule is CC1(C)c2cc(-c3cccc4c5c(sc34)C=CCC5)ccc2-c2cc3c(cc21)Sc1ccccc1S3. The lowest BCUT2D eigenvalue weighted by atomic mass is 9.81. The molecule has 5 aromatic rings. The van der Waals surface area contributed by atoms with E-state index >= 15 is 0 Å². The lowest BCUT2D eigenvalue weighted by Crippen LogP contribution is -2.15. The molecule has 36 heavy (non-hydrogen) atoms. The molecule has 0 radical (unpaired) electrons. The summed E-state index contributed by atoms with van der Waals surface area (Å²) in [6.45, 7) is 4.80. The predicted octanol–water partition coefficient (Wildman–Crippen LogP) is 10.4. The van der Waals surface area contributed by atoms with E-state index in [2.05, 4.69) is 98.8 Å². The summed E-state index contributed by atoms with van der Waals surface area (Å²) in [4.78, 5) is 6.95. The van der Waals surface area contributed by atoms with Gasteiger partial charge in [-0.15, -0.1) is 11.3 Å². The topological polar surface area (TPSA) is 0 Å². The molecular weight excluding hydrogens is 493 g/mol. The molecule has 3 heteroatoms. The number of aryl methyl sites for hydroxylation is 1. The van der Waals surface area contributed by atoms with Gasteiger partial charge in [0.05, 0.1) is 0 Å². The van der Waals surface area contributed by atoms with Gasteiger partial charge < -0.3 is 0 Å². The first-order valence-corrected chi connectivity index (χ1v) is 15.0. The van der Waals surface area contributed by atoms with Crippen molar-refractivity contribution < 1.29 is 0 Å². The van der Waals surface area contributed by atoms with Crippen LogP contribution in [0.1, 0.15) is 41.8 Å². The van der Waals surface area contributed by atoms with Gasteiger partial charge in [0, 0.05) is 34.6 Å². The molecule has 3 aliphatic rings. The zero-order valence-electron chi connectivity index (χ0n) is 20.2. The molecule has 1 aromatic heterocycles. The fraction of sp³-hybridized carbons (Fsp3) is 0.152. The van der Waals surface area contributed by atoms with Crippen molar-refractivity contribution in [1.29, 1.82) is 0 Å². The summed E-state index contributed by atoms with van der Waals surface area (Å²) >= 11 is 5.79. The highest BCUT2D eigenvalue weighted by atomic mass is 32.2. The summed E-state index contributed by atoms with van der Waals surface area (Å²) in [5, 5.41) is 1.45. The van der Waals surface area contributed by atoms with Crippen molar-refractivity contribution in [2.75, 3.05) is 0 Å². The van der Waals surface area contributed by atoms with Gasteiger partial charge in [-0.3, -0.25) is 0 Å². The zero-order chi connectivity index (χ0) is 24.0.